The van der Waals surface area contributed by atoms with E-state index < -0.39 is 0 Å². The zero-order chi connectivity index (χ0) is 12.7. The Bertz CT molecular complexity index is 501. The molecule has 3 unspecified atom stereocenters. The number of hydrogen-bond acceptors (Lipinski definition) is 3. The largest absolute Gasteiger partial charge is 0.365 e. The van der Waals surface area contributed by atoms with Crippen molar-refractivity contribution in [3.05, 3.63) is 21.6 Å². The number of H-pyrrole nitrogens is 1. The molecule has 18 heavy (non-hydrogen) atoms. The Labute approximate surface area is 111 Å². The SMILES string of the molecule is CC1CN(c2cn[nH]c(=O)c2Cl)C2CCCCC12. The quantitative estimate of drug-likeness (QED) is 0.850. The van der Waals surface area contributed by atoms with Crippen molar-refractivity contribution < 1.29 is 0 Å². The number of anilines is 1. The van der Waals surface area contributed by atoms with Crippen LogP contribution in [0.25, 0.3) is 0 Å². The molecule has 0 amide bonds. The molecule has 3 rings (SSSR count). The maximum Gasteiger partial charge on any atom is 0.285 e. The minimum atomic E-state index is -0.291. The van der Waals surface area contributed by atoms with E-state index in [0.717, 1.165) is 18.2 Å². The summed E-state index contributed by atoms with van der Waals surface area (Å²) in [5, 5.41) is 6.55. The van der Waals surface area contributed by atoms with Crippen LogP contribution in [0.5, 0.6) is 0 Å². The second-order valence-electron chi connectivity index (χ2n) is 5.54. The molecule has 0 spiro atoms. The molecule has 1 saturated carbocycles. The number of aromatic nitrogens is 2. The lowest BCUT2D eigenvalue weighted by Gasteiger charge is -2.33. The van der Waals surface area contributed by atoms with Crippen LogP contribution in [0.4, 0.5) is 5.69 Å². The van der Waals surface area contributed by atoms with Gasteiger partial charge in [0.1, 0.15) is 5.02 Å². The molecule has 2 heterocycles. The monoisotopic (exact) mass is 267 g/mol. The van der Waals surface area contributed by atoms with Crippen LogP contribution in [0, 0.1) is 11.8 Å². The van der Waals surface area contributed by atoms with Crippen molar-refractivity contribution in [2.24, 2.45) is 11.8 Å². The van der Waals surface area contributed by atoms with Crippen LogP contribution in [0.3, 0.4) is 0 Å². The average molecular weight is 268 g/mol. The summed E-state index contributed by atoms with van der Waals surface area (Å²) >= 11 is 6.13. The summed E-state index contributed by atoms with van der Waals surface area (Å²) in [6.07, 6.45) is 6.81. The lowest BCUT2D eigenvalue weighted by atomic mass is 9.80. The van der Waals surface area contributed by atoms with E-state index in [-0.39, 0.29) is 10.6 Å². The maximum atomic E-state index is 11.6. The number of rotatable bonds is 1. The van der Waals surface area contributed by atoms with E-state index in [1.54, 1.807) is 6.20 Å². The van der Waals surface area contributed by atoms with Gasteiger partial charge in [-0.15, -0.1) is 0 Å². The van der Waals surface area contributed by atoms with E-state index in [2.05, 4.69) is 22.0 Å². The van der Waals surface area contributed by atoms with E-state index in [1.165, 1.54) is 25.7 Å². The molecule has 5 heteroatoms. The first-order chi connectivity index (χ1) is 8.68. The summed E-state index contributed by atoms with van der Waals surface area (Å²) in [6.45, 7) is 3.29. The molecule has 1 N–H and O–H groups in total. The number of aromatic amines is 1. The maximum absolute atomic E-state index is 11.6. The topological polar surface area (TPSA) is 49.0 Å². The smallest absolute Gasteiger partial charge is 0.285 e. The second-order valence-corrected chi connectivity index (χ2v) is 5.92. The molecular weight excluding hydrogens is 250 g/mol. The van der Waals surface area contributed by atoms with Crippen LogP contribution in [-0.4, -0.2) is 22.8 Å². The molecule has 0 bridgehead atoms. The zero-order valence-electron chi connectivity index (χ0n) is 10.5. The first kappa shape index (κ1) is 12.0. The predicted octanol–water partition coefficient (Wildman–Crippen LogP) is 2.44. The predicted molar refractivity (Wildman–Crippen MR) is 72.1 cm³/mol. The lowest BCUT2D eigenvalue weighted by Crippen LogP contribution is -2.35. The van der Waals surface area contributed by atoms with E-state index in [1.807, 2.05) is 0 Å². The minimum Gasteiger partial charge on any atom is -0.365 e. The van der Waals surface area contributed by atoms with Gasteiger partial charge in [0.15, 0.2) is 0 Å². The van der Waals surface area contributed by atoms with Crippen LogP contribution in [0.2, 0.25) is 5.02 Å². The standard InChI is InChI=1S/C13H18ClN3O/c1-8-7-17(10-5-3-2-4-9(8)10)11-6-15-16-13(18)12(11)14/h6,8-10H,2-5,7H2,1H3,(H,16,18). The molecule has 1 aliphatic heterocycles. The summed E-state index contributed by atoms with van der Waals surface area (Å²) in [5.41, 5.74) is 0.516. The van der Waals surface area contributed by atoms with E-state index >= 15 is 0 Å². The third-order valence-electron chi connectivity index (χ3n) is 4.48. The van der Waals surface area contributed by atoms with Crippen molar-refractivity contribution in [3.8, 4) is 0 Å². The number of nitrogens with one attached hydrogen (secondary N) is 1. The van der Waals surface area contributed by atoms with Crippen molar-refractivity contribution in [2.75, 3.05) is 11.4 Å². The van der Waals surface area contributed by atoms with E-state index in [4.69, 9.17) is 11.6 Å². The molecular formula is C13H18ClN3O. The van der Waals surface area contributed by atoms with Gasteiger partial charge in [-0.2, -0.15) is 5.10 Å². The fraction of sp³-hybridized carbons (Fsp3) is 0.692. The van der Waals surface area contributed by atoms with Gasteiger partial charge in [0.05, 0.1) is 11.9 Å². The number of halogens is 1. The second kappa shape index (κ2) is 4.57. The Morgan fingerprint density at radius 1 is 1.44 bits per heavy atom. The van der Waals surface area contributed by atoms with Crippen molar-refractivity contribution in [3.63, 3.8) is 0 Å². The van der Waals surface area contributed by atoms with Gasteiger partial charge < -0.3 is 4.90 Å². The molecule has 2 fully saturated rings. The van der Waals surface area contributed by atoms with Gasteiger partial charge in [-0.05, 0) is 24.7 Å². The number of fused-ring (bicyclic) bond motifs is 1. The normalized spacial score (nSPS) is 31.4. The van der Waals surface area contributed by atoms with Crippen molar-refractivity contribution in [1.82, 2.24) is 10.2 Å². The highest BCUT2D eigenvalue weighted by Gasteiger charge is 2.41. The lowest BCUT2D eigenvalue weighted by molar-refractivity contribution is 0.293. The van der Waals surface area contributed by atoms with Gasteiger partial charge in [-0.25, -0.2) is 5.10 Å². The van der Waals surface area contributed by atoms with Crippen molar-refractivity contribution >= 4 is 17.3 Å². The summed E-state index contributed by atoms with van der Waals surface area (Å²) in [6, 6.07) is 0.537. The average Bonchev–Trinajstić information content (AvgIpc) is 2.71. The first-order valence-corrected chi connectivity index (χ1v) is 7.06. The van der Waals surface area contributed by atoms with Crippen LogP contribution >= 0.6 is 11.6 Å². The van der Waals surface area contributed by atoms with Crippen LogP contribution in [-0.2, 0) is 0 Å². The van der Waals surface area contributed by atoms with Gasteiger partial charge in [0.25, 0.3) is 5.56 Å². The van der Waals surface area contributed by atoms with Crippen LogP contribution in [0.1, 0.15) is 32.6 Å². The molecule has 1 aliphatic carbocycles. The minimum absolute atomic E-state index is 0.281. The fourth-order valence-corrected chi connectivity index (χ4v) is 3.82. The van der Waals surface area contributed by atoms with Gasteiger partial charge in [0, 0.05) is 12.6 Å². The zero-order valence-corrected chi connectivity index (χ0v) is 11.3. The molecule has 2 aliphatic rings. The Kier molecular flexibility index (Phi) is 3.06. The summed E-state index contributed by atoms with van der Waals surface area (Å²) in [5.74, 6) is 1.42. The highest BCUT2D eigenvalue weighted by atomic mass is 35.5. The fourth-order valence-electron chi connectivity index (χ4n) is 3.62. The summed E-state index contributed by atoms with van der Waals surface area (Å²) in [7, 11) is 0. The Morgan fingerprint density at radius 2 is 2.22 bits per heavy atom. The molecule has 98 valence electrons. The third kappa shape index (κ3) is 1.83. The van der Waals surface area contributed by atoms with Crippen molar-refractivity contribution in [1.29, 1.82) is 0 Å². The molecule has 0 aromatic carbocycles. The van der Waals surface area contributed by atoms with Gasteiger partial charge >= 0.3 is 0 Å². The first-order valence-electron chi connectivity index (χ1n) is 6.68. The molecule has 1 saturated heterocycles. The highest BCUT2D eigenvalue weighted by molar-refractivity contribution is 6.33. The van der Waals surface area contributed by atoms with E-state index in [0.29, 0.717) is 12.0 Å². The van der Waals surface area contributed by atoms with Crippen molar-refractivity contribution in [2.45, 2.75) is 38.6 Å². The van der Waals surface area contributed by atoms with E-state index in [9.17, 15) is 4.79 Å². The summed E-state index contributed by atoms with van der Waals surface area (Å²) in [4.78, 5) is 13.9. The molecule has 1 aromatic heterocycles. The van der Waals surface area contributed by atoms with Crippen LogP contribution < -0.4 is 10.5 Å². The summed E-state index contributed by atoms with van der Waals surface area (Å²) < 4.78 is 0. The van der Waals surface area contributed by atoms with Crippen LogP contribution in [0.15, 0.2) is 11.0 Å². The number of nitrogens with zero attached hydrogens (tertiary/aromatic N) is 2. The van der Waals surface area contributed by atoms with Gasteiger partial charge in [0.2, 0.25) is 0 Å². The molecule has 1 aromatic rings. The third-order valence-corrected chi connectivity index (χ3v) is 4.85. The van der Waals surface area contributed by atoms with Gasteiger partial charge in [-0.1, -0.05) is 31.4 Å². The Balaban J connectivity index is 1.97. The molecule has 3 atom stereocenters. The molecule has 4 nitrogen and oxygen atoms in total. The number of hydrogen-bond donors (Lipinski definition) is 1. The van der Waals surface area contributed by atoms with Gasteiger partial charge in [-0.3, -0.25) is 4.79 Å². The highest BCUT2D eigenvalue weighted by Crippen LogP contribution is 2.42. The molecule has 0 radical (unpaired) electrons. The Hall–Kier alpha value is -1.03. The Morgan fingerprint density at radius 3 is 3.06 bits per heavy atom.